The average Bonchev–Trinajstić information content (AvgIpc) is 2.75. The smallest absolute Gasteiger partial charge is 0.328 e. The molecule has 2 saturated heterocycles. The van der Waals surface area contributed by atoms with E-state index >= 15 is 0 Å². The minimum atomic E-state index is -1.04. The molecular formula is C11H18N2O5. The zero-order chi connectivity index (χ0) is 13.1. The fourth-order valence-electron chi connectivity index (χ4n) is 2.21. The first-order chi connectivity index (χ1) is 8.59. The van der Waals surface area contributed by atoms with Gasteiger partial charge < -0.3 is 24.8 Å². The summed E-state index contributed by atoms with van der Waals surface area (Å²) in [6, 6.07) is -1.31. The molecule has 7 nitrogen and oxygen atoms in total. The molecule has 0 bridgehead atoms. The number of amides is 2. The Labute approximate surface area is 105 Å². The molecule has 0 spiro atoms. The van der Waals surface area contributed by atoms with Crippen molar-refractivity contribution in [3.05, 3.63) is 0 Å². The molecule has 2 heterocycles. The van der Waals surface area contributed by atoms with Crippen LogP contribution in [0.1, 0.15) is 13.3 Å². The van der Waals surface area contributed by atoms with Gasteiger partial charge in [0.2, 0.25) is 0 Å². The van der Waals surface area contributed by atoms with Crippen molar-refractivity contribution in [2.45, 2.75) is 31.5 Å². The Kier molecular flexibility index (Phi) is 4.03. The summed E-state index contributed by atoms with van der Waals surface area (Å²) >= 11 is 0. The molecule has 0 aromatic heterocycles. The molecular weight excluding hydrogens is 240 g/mol. The van der Waals surface area contributed by atoms with Crippen LogP contribution in [0.15, 0.2) is 0 Å². The Hall–Kier alpha value is -1.34. The molecule has 18 heavy (non-hydrogen) atoms. The first kappa shape index (κ1) is 13.1. The van der Waals surface area contributed by atoms with Crippen LogP contribution in [-0.4, -0.2) is 66.6 Å². The van der Waals surface area contributed by atoms with Crippen molar-refractivity contribution in [1.82, 2.24) is 10.2 Å². The average molecular weight is 258 g/mol. The number of nitrogens with zero attached hydrogens (tertiary/aromatic N) is 1. The highest BCUT2D eigenvalue weighted by Gasteiger charge is 2.35. The lowest BCUT2D eigenvalue weighted by molar-refractivity contribution is -0.147. The Morgan fingerprint density at radius 2 is 2.17 bits per heavy atom. The fourth-order valence-corrected chi connectivity index (χ4v) is 2.21. The lowest BCUT2D eigenvalue weighted by Gasteiger charge is -2.33. The molecule has 0 aromatic rings. The van der Waals surface area contributed by atoms with Gasteiger partial charge in [0, 0.05) is 13.2 Å². The van der Waals surface area contributed by atoms with E-state index in [4.69, 9.17) is 14.6 Å². The molecule has 2 aliphatic heterocycles. The van der Waals surface area contributed by atoms with E-state index in [-0.39, 0.29) is 24.8 Å². The monoisotopic (exact) mass is 258 g/mol. The van der Waals surface area contributed by atoms with Crippen LogP contribution >= 0.6 is 0 Å². The number of aliphatic carboxylic acids is 1. The maximum atomic E-state index is 12.1. The van der Waals surface area contributed by atoms with Crippen LogP contribution < -0.4 is 5.32 Å². The van der Waals surface area contributed by atoms with Crippen molar-refractivity contribution < 1.29 is 24.2 Å². The Morgan fingerprint density at radius 3 is 2.78 bits per heavy atom. The van der Waals surface area contributed by atoms with Gasteiger partial charge in [-0.25, -0.2) is 9.59 Å². The predicted octanol–water partition coefficient (Wildman–Crippen LogP) is -0.341. The molecule has 2 aliphatic rings. The molecule has 3 atom stereocenters. The summed E-state index contributed by atoms with van der Waals surface area (Å²) in [5.74, 6) is -1.04. The molecule has 2 N–H and O–H groups in total. The molecule has 3 unspecified atom stereocenters. The lowest BCUT2D eigenvalue weighted by atomic mass is 10.1. The van der Waals surface area contributed by atoms with Gasteiger partial charge in [-0.05, 0) is 13.3 Å². The zero-order valence-electron chi connectivity index (χ0n) is 10.3. The van der Waals surface area contributed by atoms with Crippen molar-refractivity contribution in [3.63, 3.8) is 0 Å². The maximum Gasteiger partial charge on any atom is 0.328 e. The summed E-state index contributed by atoms with van der Waals surface area (Å²) in [7, 11) is 0. The third-order valence-corrected chi connectivity index (χ3v) is 3.36. The van der Waals surface area contributed by atoms with Crippen LogP contribution in [0.2, 0.25) is 0 Å². The maximum absolute atomic E-state index is 12.1. The van der Waals surface area contributed by atoms with Crippen LogP contribution in [-0.2, 0) is 14.3 Å². The van der Waals surface area contributed by atoms with Gasteiger partial charge in [-0.2, -0.15) is 0 Å². The van der Waals surface area contributed by atoms with Gasteiger partial charge in [0.05, 0.1) is 25.4 Å². The van der Waals surface area contributed by atoms with Crippen LogP contribution in [0.3, 0.4) is 0 Å². The third kappa shape index (κ3) is 2.73. The number of nitrogens with one attached hydrogen (secondary N) is 1. The second-order valence-corrected chi connectivity index (χ2v) is 4.54. The quantitative estimate of drug-likeness (QED) is 0.707. The number of carboxylic acids is 1. The lowest BCUT2D eigenvalue weighted by Crippen LogP contribution is -2.57. The van der Waals surface area contributed by atoms with Gasteiger partial charge >= 0.3 is 12.0 Å². The van der Waals surface area contributed by atoms with E-state index in [1.54, 1.807) is 0 Å². The van der Waals surface area contributed by atoms with Gasteiger partial charge in [-0.15, -0.1) is 0 Å². The molecule has 7 heteroatoms. The summed E-state index contributed by atoms with van der Waals surface area (Å²) in [5.41, 5.74) is 0. The van der Waals surface area contributed by atoms with E-state index < -0.39 is 12.0 Å². The summed E-state index contributed by atoms with van der Waals surface area (Å²) in [6.07, 6.45) is 0.730. The van der Waals surface area contributed by atoms with E-state index in [2.05, 4.69) is 5.32 Å². The van der Waals surface area contributed by atoms with E-state index in [1.165, 1.54) is 4.90 Å². The topological polar surface area (TPSA) is 88.1 Å². The van der Waals surface area contributed by atoms with E-state index in [1.807, 2.05) is 6.92 Å². The van der Waals surface area contributed by atoms with Crippen LogP contribution in [0.5, 0.6) is 0 Å². The second kappa shape index (κ2) is 5.53. The number of morpholine rings is 1. The first-order valence-electron chi connectivity index (χ1n) is 6.09. The van der Waals surface area contributed by atoms with Crippen LogP contribution in [0.4, 0.5) is 4.79 Å². The Morgan fingerprint density at radius 1 is 1.39 bits per heavy atom. The van der Waals surface area contributed by atoms with Crippen molar-refractivity contribution in [3.8, 4) is 0 Å². The van der Waals surface area contributed by atoms with Gasteiger partial charge in [0.25, 0.3) is 0 Å². The van der Waals surface area contributed by atoms with Crippen molar-refractivity contribution in [2.24, 2.45) is 0 Å². The number of rotatable bonds is 2. The number of urea groups is 1. The number of hydrogen-bond acceptors (Lipinski definition) is 4. The number of carbonyl (C=O) groups is 2. The van der Waals surface area contributed by atoms with Crippen molar-refractivity contribution in [1.29, 1.82) is 0 Å². The second-order valence-electron chi connectivity index (χ2n) is 4.54. The van der Waals surface area contributed by atoms with Gasteiger partial charge in [0.1, 0.15) is 0 Å². The number of hydrogen-bond donors (Lipinski definition) is 2. The molecule has 2 fully saturated rings. The molecule has 2 amide bonds. The molecule has 0 radical (unpaired) electrons. The SMILES string of the molecule is CC1OCCC1NC(=O)N1CCOCC1C(=O)O. The minimum Gasteiger partial charge on any atom is -0.480 e. The summed E-state index contributed by atoms with van der Waals surface area (Å²) in [4.78, 5) is 24.4. The van der Waals surface area contributed by atoms with Crippen molar-refractivity contribution >= 4 is 12.0 Å². The molecule has 0 aromatic carbocycles. The molecule has 102 valence electrons. The highest BCUT2D eigenvalue weighted by atomic mass is 16.5. The molecule has 0 saturated carbocycles. The highest BCUT2D eigenvalue weighted by molar-refractivity contribution is 5.83. The Bertz CT molecular complexity index is 335. The predicted molar refractivity (Wildman–Crippen MR) is 61.3 cm³/mol. The Balaban J connectivity index is 1.95. The standard InChI is InChI=1S/C11H18N2O5/c1-7-8(2-4-18-7)12-11(16)13-3-5-17-6-9(13)10(14)15/h7-9H,2-6H2,1H3,(H,12,16)(H,14,15). The van der Waals surface area contributed by atoms with E-state index in [9.17, 15) is 9.59 Å². The minimum absolute atomic E-state index is 0.0294. The van der Waals surface area contributed by atoms with E-state index in [0.717, 1.165) is 6.42 Å². The van der Waals surface area contributed by atoms with Crippen LogP contribution in [0, 0.1) is 0 Å². The number of carbonyl (C=O) groups excluding carboxylic acids is 1. The highest BCUT2D eigenvalue weighted by Crippen LogP contribution is 2.14. The van der Waals surface area contributed by atoms with Gasteiger partial charge in [-0.1, -0.05) is 0 Å². The normalized spacial score (nSPS) is 32.3. The molecule has 0 aliphatic carbocycles. The summed E-state index contributed by atoms with van der Waals surface area (Å²) < 4.78 is 10.4. The van der Waals surface area contributed by atoms with Gasteiger partial charge in [0.15, 0.2) is 6.04 Å². The largest absolute Gasteiger partial charge is 0.480 e. The van der Waals surface area contributed by atoms with E-state index in [0.29, 0.717) is 19.8 Å². The molecule has 2 rings (SSSR count). The first-order valence-corrected chi connectivity index (χ1v) is 6.09. The number of carboxylic acid groups (broad SMARTS) is 1. The van der Waals surface area contributed by atoms with Crippen LogP contribution in [0.25, 0.3) is 0 Å². The summed E-state index contributed by atoms with van der Waals surface area (Å²) in [5, 5.41) is 11.9. The summed E-state index contributed by atoms with van der Waals surface area (Å²) in [6.45, 7) is 3.22. The third-order valence-electron chi connectivity index (χ3n) is 3.36. The van der Waals surface area contributed by atoms with Crippen molar-refractivity contribution in [2.75, 3.05) is 26.4 Å². The zero-order valence-corrected chi connectivity index (χ0v) is 10.3. The van der Waals surface area contributed by atoms with Gasteiger partial charge in [-0.3, -0.25) is 0 Å². The number of ether oxygens (including phenoxy) is 2. The fraction of sp³-hybridized carbons (Fsp3) is 0.818.